The predicted octanol–water partition coefficient (Wildman–Crippen LogP) is 4.19. The molecule has 1 heterocycles. The Bertz CT molecular complexity index is 1300. The third kappa shape index (κ3) is 4.20. The molecule has 6 nitrogen and oxygen atoms in total. The van der Waals surface area contributed by atoms with Crippen LogP contribution in [0.25, 0.3) is 17.2 Å². The van der Waals surface area contributed by atoms with Gasteiger partial charge in [-0.3, -0.25) is 14.5 Å². The zero-order valence-corrected chi connectivity index (χ0v) is 18.8. The number of aryl methyl sites for hydroxylation is 1. The molecular weight excluding hydrogens is 422 g/mol. The second kappa shape index (κ2) is 7.56. The molecule has 0 spiro atoms. The number of nitrogens with one attached hydrogen (secondary N) is 1. The van der Waals surface area contributed by atoms with Crippen LogP contribution in [-0.2, 0) is 27.7 Å². The standard InChI is InChI=1S/C25H25N3O3S/c1-16-11-18(28-32(30,31)15-25(14-26)9-10-25)7-8-20(16)22-12-19(13-24(29)17-5-6-17)27-23-4-2-3-21(22)23/h2-3,7-8,11-12,17,28H,4-6,9-10,13,15H2,1H3. The summed E-state index contributed by atoms with van der Waals surface area (Å²) in [4.78, 5) is 17.1. The lowest BCUT2D eigenvalue weighted by Crippen LogP contribution is -2.22. The second-order valence-corrected chi connectivity index (χ2v) is 11.1. The van der Waals surface area contributed by atoms with Crippen molar-refractivity contribution >= 4 is 27.6 Å². The number of allylic oxidation sites excluding steroid dienone is 1. The highest BCUT2D eigenvalue weighted by atomic mass is 32.2. The van der Waals surface area contributed by atoms with E-state index in [1.807, 2.05) is 25.1 Å². The summed E-state index contributed by atoms with van der Waals surface area (Å²) in [6, 6.07) is 9.63. The molecule has 2 saturated carbocycles. The van der Waals surface area contributed by atoms with Crippen molar-refractivity contribution < 1.29 is 13.2 Å². The SMILES string of the molecule is Cc1cc(NS(=O)(=O)CC2(C#N)CC2)ccc1-c1cc(CC(=O)C2CC2)nc2c1C=CC2. The van der Waals surface area contributed by atoms with Crippen LogP contribution in [0.4, 0.5) is 5.69 Å². The van der Waals surface area contributed by atoms with Crippen molar-refractivity contribution in [3.63, 3.8) is 0 Å². The lowest BCUT2D eigenvalue weighted by Gasteiger charge is -2.15. The highest BCUT2D eigenvalue weighted by Crippen LogP contribution is 2.46. The van der Waals surface area contributed by atoms with Crippen molar-refractivity contribution in [2.24, 2.45) is 11.3 Å². The van der Waals surface area contributed by atoms with E-state index in [-0.39, 0.29) is 17.5 Å². The van der Waals surface area contributed by atoms with Gasteiger partial charge >= 0.3 is 0 Å². The van der Waals surface area contributed by atoms with E-state index in [0.717, 1.165) is 52.9 Å². The molecule has 1 aromatic carbocycles. The van der Waals surface area contributed by atoms with E-state index in [9.17, 15) is 18.5 Å². The molecule has 3 aliphatic rings. The average Bonchev–Trinajstić information content (AvgIpc) is 3.66. The number of fused-ring (bicyclic) bond motifs is 1. The summed E-state index contributed by atoms with van der Waals surface area (Å²) >= 11 is 0. The lowest BCUT2D eigenvalue weighted by molar-refractivity contribution is -0.119. The van der Waals surface area contributed by atoms with Gasteiger partial charge in [0.25, 0.3) is 0 Å². The van der Waals surface area contributed by atoms with Crippen LogP contribution in [0.2, 0.25) is 0 Å². The van der Waals surface area contributed by atoms with E-state index in [2.05, 4.69) is 22.9 Å². The number of anilines is 1. The highest BCUT2D eigenvalue weighted by Gasteiger charge is 2.47. The van der Waals surface area contributed by atoms with Gasteiger partial charge in [0, 0.05) is 35.7 Å². The van der Waals surface area contributed by atoms with Gasteiger partial charge in [-0.25, -0.2) is 8.42 Å². The summed E-state index contributed by atoms with van der Waals surface area (Å²) in [5.74, 6) is 0.302. The van der Waals surface area contributed by atoms with Gasteiger partial charge in [0.1, 0.15) is 5.78 Å². The molecule has 0 aliphatic heterocycles. The zero-order valence-electron chi connectivity index (χ0n) is 18.0. The molecule has 2 fully saturated rings. The summed E-state index contributed by atoms with van der Waals surface area (Å²) in [6.07, 6.45) is 8.51. The fourth-order valence-corrected chi connectivity index (χ4v) is 6.02. The van der Waals surface area contributed by atoms with Gasteiger partial charge in [0.2, 0.25) is 10.0 Å². The fourth-order valence-electron chi connectivity index (χ4n) is 4.39. The number of pyridine rings is 1. The molecule has 0 atom stereocenters. The number of hydrogen-bond acceptors (Lipinski definition) is 5. The van der Waals surface area contributed by atoms with Gasteiger partial charge in [-0.2, -0.15) is 5.26 Å². The minimum atomic E-state index is -3.60. The molecule has 164 valence electrons. The molecule has 1 N–H and O–H groups in total. The molecule has 3 aliphatic carbocycles. The number of nitriles is 1. The summed E-state index contributed by atoms with van der Waals surface area (Å²) in [5, 5.41) is 9.21. The maximum Gasteiger partial charge on any atom is 0.234 e. The number of rotatable bonds is 8. The first kappa shape index (κ1) is 20.9. The van der Waals surface area contributed by atoms with Crippen molar-refractivity contribution in [3.8, 4) is 17.2 Å². The molecule has 7 heteroatoms. The van der Waals surface area contributed by atoms with Crippen LogP contribution in [0.3, 0.4) is 0 Å². The third-order valence-corrected chi connectivity index (χ3v) is 8.00. The molecule has 0 unspecified atom stereocenters. The van der Waals surface area contributed by atoms with Crippen molar-refractivity contribution in [2.75, 3.05) is 10.5 Å². The van der Waals surface area contributed by atoms with Gasteiger partial charge in [-0.15, -0.1) is 0 Å². The molecule has 0 radical (unpaired) electrons. The number of nitrogens with zero attached hydrogens (tertiary/aromatic N) is 2. The molecular formula is C25H25N3O3S. The third-order valence-electron chi connectivity index (χ3n) is 6.52. The van der Waals surface area contributed by atoms with Crippen LogP contribution in [0.15, 0.2) is 30.3 Å². The fraction of sp³-hybridized carbons (Fsp3) is 0.400. The predicted molar refractivity (Wildman–Crippen MR) is 123 cm³/mol. The number of benzene rings is 1. The lowest BCUT2D eigenvalue weighted by atomic mass is 9.94. The largest absolute Gasteiger partial charge is 0.299 e. The van der Waals surface area contributed by atoms with Crippen LogP contribution in [0.5, 0.6) is 0 Å². The molecule has 2 aromatic rings. The summed E-state index contributed by atoms with van der Waals surface area (Å²) in [7, 11) is -3.60. The van der Waals surface area contributed by atoms with E-state index in [0.29, 0.717) is 24.9 Å². The Morgan fingerprint density at radius 3 is 2.69 bits per heavy atom. The van der Waals surface area contributed by atoms with Crippen LogP contribution < -0.4 is 4.72 Å². The summed E-state index contributed by atoms with van der Waals surface area (Å²) < 4.78 is 27.7. The minimum Gasteiger partial charge on any atom is -0.299 e. The van der Waals surface area contributed by atoms with Gasteiger partial charge < -0.3 is 0 Å². The molecule has 1 aromatic heterocycles. The number of hydrogen-bond donors (Lipinski definition) is 1. The summed E-state index contributed by atoms with van der Waals surface area (Å²) in [6.45, 7) is 1.95. The minimum absolute atomic E-state index is 0.168. The van der Waals surface area contributed by atoms with Crippen LogP contribution in [-0.4, -0.2) is 24.9 Å². The van der Waals surface area contributed by atoms with E-state index >= 15 is 0 Å². The number of ketones is 1. The smallest absolute Gasteiger partial charge is 0.234 e. The Morgan fingerprint density at radius 1 is 1.25 bits per heavy atom. The normalized spacial score (nSPS) is 18.1. The van der Waals surface area contributed by atoms with E-state index in [1.54, 1.807) is 6.07 Å². The van der Waals surface area contributed by atoms with Gasteiger partial charge in [-0.05, 0) is 67.5 Å². The molecule has 0 saturated heterocycles. The maximum atomic E-state index is 12.5. The topological polar surface area (TPSA) is 99.9 Å². The van der Waals surface area contributed by atoms with Crippen molar-refractivity contribution in [3.05, 3.63) is 52.9 Å². The first-order chi connectivity index (χ1) is 15.3. The number of carbonyl (C=O) groups is 1. The van der Waals surface area contributed by atoms with Gasteiger partial charge in [0.05, 0.1) is 22.9 Å². The van der Waals surface area contributed by atoms with E-state index in [4.69, 9.17) is 4.98 Å². The van der Waals surface area contributed by atoms with E-state index in [1.165, 1.54) is 0 Å². The van der Waals surface area contributed by atoms with Crippen molar-refractivity contribution in [1.29, 1.82) is 5.26 Å². The Morgan fingerprint density at radius 2 is 2.03 bits per heavy atom. The monoisotopic (exact) mass is 447 g/mol. The quantitative estimate of drug-likeness (QED) is 0.654. The number of aromatic nitrogens is 1. The van der Waals surface area contributed by atoms with E-state index < -0.39 is 15.4 Å². The van der Waals surface area contributed by atoms with Gasteiger partial charge in [-0.1, -0.05) is 18.2 Å². The van der Waals surface area contributed by atoms with Crippen molar-refractivity contribution in [1.82, 2.24) is 4.98 Å². The first-order valence-electron chi connectivity index (χ1n) is 11.0. The Hall–Kier alpha value is -2.98. The number of carbonyl (C=O) groups excluding carboxylic acids is 1. The Labute approximate surface area is 188 Å². The van der Waals surface area contributed by atoms with Crippen LogP contribution >= 0.6 is 0 Å². The highest BCUT2D eigenvalue weighted by molar-refractivity contribution is 7.92. The van der Waals surface area contributed by atoms with Gasteiger partial charge in [0.15, 0.2) is 0 Å². The van der Waals surface area contributed by atoms with Crippen molar-refractivity contribution in [2.45, 2.75) is 45.4 Å². The molecule has 0 bridgehead atoms. The number of Topliss-reactive ketones (excluding diaryl/α,β-unsaturated/α-hetero) is 1. The number of sulfonamides is 1. The second-order valence-electron chi connectivity index (χ2n) is 9.33. The molecule has 0 amide bonds. The average molecular weight is 448 g/mol. The summed E-state index contributed by atoms with van der Waals surface area (Å²) in [5.41, 5.74) is 5.56. The van der Waals surface area contributed by atoms with Crippen LogP contribution in [0, 0.1) is 29.6 Å². The zero-order chi connectivity index (χ0) is 22.5. The Kier molecular flexibility index (Phi) is 4.94. The first-order valence-corrected chi connectivity index (χ1v) is 12.7. The Balaban J connectivity index is 1.42. The molecule has 5 rings (SSSR count). The maximum absolute atomic E-state index is 12.5. The molecule has 32 heavy (non-hydrogen) atoms. The van der Waals surface area contributed by atoms with Crippen LogP contribution in [0.1, 0.15) is 48.2 Å².